The normalized spacial score (nSPS) is 12.2. The van der Waals surface area contributed by atoms with Crippen LogP contribution in [0.5, 0.6) is 0 Å². The number of nitrogens with one attached hydrogen (secondary N) is 2. The maximum absolute atomic E-state index is 12.7. The molecule has 150 valence electrons. The number of aryl methyl sites for hydroxylation is 1. The lowest BCUT2D eigenvalue weighted by atomic mass is 10.0. The Kier molecular flexibility index (Phi) is 6.34. The van der Waals surface area contributed by atoms with Crippen molar-refractivity contribution in [1.29, 1.82) is 0 Å². The first-order chi connectivity index (χ1) is 13.9. The Morgan fingerprint density at radius 1 is 0.931 bits per heavy atom. The van der Waals surface area contributed by atoms with Gasteiger partial charge in [-0.2, -0.15) is 0 Å². The number of rotatable bonds is 7. The monoisotopic (exact) mass is 408 g/mol. The topological polar surface area (TPSA) is 75.3 Å². The van der Waals surface area contributed by atoms with E-state index in [1.165, 1.54) is 12.1 Å². The first-order valence-corrected chi connectivity index (χ1v) is 10.9. The van der Waals surface area contributed by atoms with Crippen molar-refractivity contribution in [3.05, 3.63) is 95.6 Å². The van der Waals surface area contributed by atoms with Gasteiger partial charge in [0.2, 0.25) is 0 Å². The van der Waals surface area contributed by atoms with E-state index in [4.69, 9.17) is 0 Å². The van der Waals surface area contributed by atoms with Crippen LogP contribution in [0.25, 0.3) is 0 Å². The summed E-state index contributed by atoms with van der Waals surface area (Å²) in [5, 5.41) is 2.98. The third-order valence-corrected chi connectivity index (χ3v) is 5.97. The lowest BCUT2D eigenvalue weighted by Gasteiger charge is -2.18. The highest BCUT2D eigenvalue weighted by atomic mass is 32.2. The van der Waals surface area contributed by atoms with E-state index in [0.717, 1.165) is 17.5 Å². The molecule has 0 saturated heterocycles. The summed E-state index contributed by atoms with van der Waals surface area (Å²) >= 11 is 0. The van der Waals surface area contributed by atoms with Crippen molar-refractivity contribution in [3.8, 4) is 0 Å². The molecule has 0 aliphatic carbocycles. The number of carbonyl (C=O) groups excluding carboxylic acids is 1. The largest absolute Gasteiger partial charge is 0.345 e. The van der Waals surface area contributed by atoms with E-state index in [1.54, 1.807) is 30.3 Å². The molecule has 0 heterocycles. The van der Waals surface area contributed by atoms with Crippen molar-refractivity contribution in [2.75, 3.05) is 4.72 Å². The molecule has 6 heteroatoms. The van der Waals surface area contributed by atoms with Crippen molar-refractivity contribution in [2.24, 2.45) is 0 Å². The van der Waals surface area contributed by atoms with Gasteiger partial charge >= 0.3 is 0 Å². The van der Waals surface area contributed by atoms with Crippen molar-refractivity contribution in [1.82, 2.24) is 5.32 Å². The molecule has 2 N–H and O–H groups in total. The molecule has 1 atom stereocenters. The standard InChI is InChI=1S/C23H24N2O3S/c1-3-22(18-10-5-4-6-11-18)24-23(26)19-12-8-14-21(16-19)29(27,28)25-20-13-7-9-17(2)15-20/h4-16,22,25H,3H2,1-2H3,(H,24,26)/t22-/m0/s1. The molecule has 1 amide bonds. The molecule has 3 rings (SSSR count). The highest BCUT2D eigenvalue weighted by Crippen LogP contribution is 2.20. The average Bonchev–Trinajstić information content (AvgIpc) is 2.72. The molecule has 0 aliphatic heterocycles. The van der Waals surface area contributed by atoms with E-state index in [0.29, 0.717) is 11.3 Å². The summed E-state index contributed by atoms with van der Waals surface area (Å²) in [6.07, 6.45) is 0.725. The maximum atomic E-state index is 12.7. The molecule has 0 bridgehead atoms. The average molecular weight is 409 g/mol. The SMILES string of the molecule is CC[C@H](NC(=O)c1cccc(S(=O)(=O)Nc2cccc(C)c2)c1)c1ccccc1. The molecule has 0 saturated carbocycles. The lowest BCUT2D eigenvalue weighted by molar-refractivity contribution is 0.0935. The second-order valence-corrected chi connectivity index (χ2v) is 8.53. The minimum Gasteiger partial charge on any atom is -0.345 e. The maximum Gasteiger partial charge on any atom is 0.261 e. The highest BCUT2D eigenvalue weighted by Gasteiger charge is 2.18. The number of anilines is 1. The van der Waals surface area contributed by atoms with E-state index in [-0.39, 0.29) is 16.8 Å². The summed E-state index contributed by atoms with van der Waals surface area (Å²) in [6, 6.07) is 22.7. The van der Waals surface area contributed by atoms with Gasteiger partial charge in [0.05, 0.1) is 10.9 Å². The number of carbonyl (C=O) groups is 1. The van der Waals surface area contributed by atoms with Crippen LogP contribution in [0, 0.1) is 6.92 Å². The Labute approximate surface area is 171 Å². The summed E-state index contributed by atoms with van der Waals surface area (Å²) in [4.78, 5) is 12.8. The molecule has 29 heavy (non-hydrogen) atoms. The molecule has 3 aromatic carbocycles. The van der Waals surface area contributed by atoms with Gasteiger partial charge in [-0.1, -0.05) is 55.5 Å². The van der Waals surface area contributed by atoms with Crippen LogP contribution >= 0.6 is 0 Å². The molecule has 5 nitrogen and oxygen atoms in total. The van der Waals surface area contributed by atoms with Gasteiger partial charge in [-0.25, -0.2) is 8.42 Å². The Bertz CT molecular complexity index is 1100. The van der Waals surface area contributed by atoms with Crippen molar-refractivity contribution >= 4 is 21.6 Å². The zero-order valence-electron chi connectivity index (χ0n) is 16.4. The van der Waals surface area contributed by atoms with Crippen LogP contribution in [-0.2, 0) is 10.0 Å². The van der Waals surface area contributed by atoms with E-state index in [1.807, 2.05) is 50.2 Å². The van der Waals surface area contributed by atoms with E-state index >= 15 is 0 Å². The Morgan fingerprint density at radius 3 is 2.34 bits per heavy atom. The van der Waals surface area contributed by atoms with Crippen LogP contribution in [-0.4, -0.2) is 14.3 Å². The molecular weight excluding hydrogens is 384 g/mol. The highest BCUT2D eigenvalue weighted by molar-refractivity contribution is 7.92. The summed E-state index contributed by atoms with van der Waals surface area (Å²) in [6.45, 7) is 3.88. The summed E-state index contributed by atoms with van der Waals surface area (Å²) in [5.41, 5.74) is 2.74. The predicted octanol–water partition coefficient (Wildman–Crippen LogP) is 4.68. The second kappa shape index (κ2) is 8.92. The zero-order chi connectivity index (χ0) is 20.9. The molecule has 0 fully saturated rings. The molecule has 0 spiro atoms. The fourth-order valence-corrected chi connectivity index (χ4v) is 4.17. The Hall–Kier alpha value is -3.12. The van der Waals surface area contributed by atoms with Gasteiger partial charge in [-0.3, -0.25) is 9.52 Å². The van der Waals surface area contributed by atoms with E-state index < -0.39 is 10.0 Å². The van der Waals surface area contributed by atoms with Gasteiger partial charge in [0, 0.05) is 11.3 Å². The Morgan fingerprint density at radius 2 is 1.66 bits per heavy atom. The fourth-order valence-electron chi connectivity index (χ4n) is 3.08. The van der Waals surface area contributed by atoms with Crippen molar-refractivity contribution in [2.45, 2.75) is 31.2 Å². The van der Waals surface area contributed by atoms with Gasteiger partial charge in [0.1, 0.15) is 0 Å². The van der Waals surface area contributed by atoms with Crippen LogP contribution in [0.1, 0.15) is 40.9 Å². The summed E-state index contributed by atoms with van der Waals surface area (Å²) in [5.74, 6) is -0.312. The minimum absolute atomic E-state index is 0.0411. The zero-order valence-corrected chi connectivity index (χ0v) is 17.2. The van der Waals surface area contributed by atoms with Crippen LogP contribution in [0.2, 0.25) is 0 Å². The minimum atomic E-state index is -3.80. The van der Waals surface area contributed by atoms with Gasteiger partial charge in [0.25, 0.3) is 15.9 Å². The summed E-state index contributed by atoms with van der Waals surface area (Å²) in [7, 11) is -3.80. The van der Waals surface area contributed by atoms with Crippen molar-refractivity contribution < 1.29 is 13.2 Å². The predicted molar refractivity (Wildman–Crippen MR) is 115 cm³/mol. The van der Waals surface area contributed by atoms with Crippen LogP contribution in [0.15, 0.2) is 83.8 Å². The molecule has 0 aromatic heterocycles. The van der Waals surface area contributed by atoms with Gasteiger partial charge < -0.3 is 5.32 Å². The number of amides is 1. The molecule has 0 unspecified atom stereocenters. The first kappa shape index (κ1) is 20.6. The smallest absolute Gasteiger partial charge is 0.261 e. The third-order valence-electron chi connectivity index (χ3n) is 4.59. The van der Waals surface area contributed by atoms with Gasteiger partial charge in [-0.05, 0) is 54.8 Å². The fraction of sp³-hybridized carbons (Fsp3) is 0.174. The molecule has 0 aliphatic rings. The van der Waals surface area contributed by atoms with Crippen LogP contribution in [0.3, 0.4) is 0 Å². The lowest BCUT2D eigenvalue weighted by Crippen LogP contribution is -2.28. The van der Waals surface area contributed by atoms with Gasteiger partial charge in [-0.15, -0.1) is 0 Å². The van der Waals surface area contributed by atoms with E-state index in [9.17, 15) is 13.2 Å². The third kappa shape index (κ3) is 5.23. The number of sulfonamides is 1. The Balaban J connectivity index is 1.80. The molecule has 3 aromatic rings. The van der Waals surface area contributed by atoms with Crippen LogP contribution in [0.4, 0.5) is 5.69 Å². The second-order valence-electron chi connectivity index (χ2n) is 6.85. The van der Waals surface area contributed by atoms with Crippen LogP contribution < -0.4 is 10.0 Å². The van der Waals surface area contributed by atoms with Gasteiger partial charge in [0.15, 0.2) is 0 Å². The van der Waals surface area contributed by atoms with Crippen molar-refractivity contribution in [3.63, 3.8) is 0 Å². The molecular formula is C23H24N2O3S. The molecule has 0 radical (unpaired) electrons. The van der Waals surface area contributed by atoms with E-state index in [2.05, 4.69) is 10.0 Å². The quantitative estimate of drug-likeness (QED) is 0.596. The number of benzene rings is 3. The number of hydrogen-bond acceptors (Lipinski definition) is 3. The number of hydrogen-bond donors (Lipinski definition) is 2. The summed E-state index contributed by atoms with van der Waals surface area (Å²) < 4.78 is 28.0. The first-order valence-electron chi connectivity index (χ1n) is 9.44.